The van der Waals surface area contributed by atoms with Gasteiger partial charge >= 0.3 is 0 Å². The van der Waals surface area contributed by atoms with Gasteiger partial charge in [0.25, 0.3) is 0 Å². The summed E-state index contributed by atoms with van der Waals surface area (Å²) in [6.45, 7) is 7.60. The van der Waals surface area contributed by atoms with Crippen molar-refractivity contribution in [3.05, 3.63) is 12.4 Å². The van der Waals surface area contributed by atoms with Crippen molar-refractivity contribution in [2.24, 2.45) is 5.92 Å². The largest absolute Gasteiger partial charge is 0.357 e. The first-order valence-corrected chi connectivity index (χ1v) is 7.06. The number of hydrogen-bond acceptors (Lipinski definition) is 5. The highest BCUT2D eigenvalue weighted by Crippen LogP contribution is 2.24. The highest BCUT2D eigenvalue weighted by Gasteiger charge is 2.23. The summed E-state index contributed by atoms with van der Waals surface area (Å²) in [5, 5.41) is 3.26. The van der Waals surface area contributed by atoms with Crippen LogP contribution in [0.4, 0.5) is 11.6 Å². The Hall–Kier alpha value is -1.36. The van der Waals surface area contributed by atoms with E-state index in [0.29, 0.717) is 6.04 Å². The van der Waals surface area contributed by atoms with Crippen LogP contribution in [0.25, 0.3) is 0 Å². The molecular weight excluding hydrogens is 238 g/mol. The van der Waals surface area contributed by atoms with E-state index in [9.17, 15) is 0 Å². The van der Waals surface area contributed by atoms with E-state index in [2.05, 4.69) is 52.0 Å². The molecule has 106 valence electrons. The summed E-state index contributed by atoms with van der Waals surface area (Å²) in [4.78, 5) is 13.3. The van der Waals surface area contributed by atoms with Gasteiger partial charge in [0.15, 0.2) is 0 Å². The molecule has 0 bridgehead atoms. The average Bonchev–Trinajstić information content (AvgIpc) is 2.87. The number of hydrogen-bond donors (Lipinski definition) is 1. The summed E-state index contributed by atoms with van der Waals surface area (Å²) < 4.78 is 0. The molecule has 1 aromatic heterocycles. The van der Waals surface area contributed by atoms with E-state index in [1.54, 1.807) is 6.33 Å². The first-order chi connectivity index (χ1) is 9.11. The zero-order valence-electron chi connectivity index (χ0n) is 12.4. The van der Waals surface area contributed by atoms with Gasteiger partial charge in [-0.1, -0.05) is 0 Å². The van der Waals surface area contributed by atoms with Crippen LogP contribution < -0.4 is 15.1 Å². The lowest BCUT2D eigenvalue weighted by atomic mass is 10.1. The number of anilines is 2. The van der Waals surface area contributed by atoms with Gasteiger partial charge in [-0.05, 0) is 39.8 Å². The summed E-state index contributed by atoms with van der Waals surface area (Å²) in [7, 11) is 4.09. The summed E-state index contributed by atoms with van der Waals surface area (Å²) in [6, 6.07) is 2.54. The minimum atomic E-state index is 0.443. The van der Waals surface area contributed by atoms with Crippen LogP contribution in [-0.4, -0.2) is 49.7 Å². The Morgan fingerprint density at radius 2 is 2.26 bits per heavy atom. The highest BCUT2D eigenvalue weighted by atomic mass is 15.2. The summed E-state index contributed by atoms with van der Waals surface area (Å²) in [5.41, 5.74) is 0. The van der Waals surface area contributed by atoms with Gasteiger partial charge in [-0.25, -0.2) is 9.97 Å². The molecule has 5 heteroatoms. The van der Waals surface area contributed by atoms with Crippen molar-refractivity contribution in [1.82, 2.24) is 15.3 Å². The molecule has 1 saturated heterocycles. The molecule has 2 heterocycles. The molecule has 2 rings (SSSR count). The molecule has 0 radical (unpaired) electrons. The topological polar surface area (TPSA) is 44.3 Å². The summed E-state index contributed by atoms with van der Waals surface area (Å²) in [5.74, 6) is 2.78. The molecule has 1 aromatic rings. The molecule has 1 unspecified atom stereocenters. The van der Waals surface area contributed by atoms with E-state index in [0.717, 1.165) is 37.2 Å². The Morgan fingerprint density at radius 1 is 1.47 bits per heavy atom. The van der Waals surface area contributed by atoms with Crippen LogP contribution in [0.1, 0.15) is 20.3 Å². The van der Waals surface area contributed by atoms with Crippen molar-refractivity contribution < 1.29 is 0 Å². The Kier molecular flexibility index (Phi) is 4.58. The van der Waals surface area contributed by atoms with Crippen molar-refractivity contribution in [2.45, 2.75) is 26.3 Å². The number of nitrogens with one attached hydrogen (secondary N) is 1. The summed E-state index contributed by atoms with van der Waals surface area (Å²) >= 11 is 0. The number of nitrogens with zero attached hydrogens (tertiary/aromatic N) is 4. The maximum atomic E-state index is 4.43. The fraction of sp³-hybridized carbons (Fsp3) is 0.714. The minimum absolute atomic E-state index is 0.443. The van der Waals surface area contributed by atoms with Crippen molar-refractivity contribution in [1.29, 1.82) is 0 Å². The first-order valence-electron chi connectivity index (χ1n) is 7.06. The lowest BCUT2D eigenvalue weighted by molar-refractivity contribution is 0.549. The van der Waals surface area contributed by atoms with E-state index < -0.39 is 0 Å². The maximum Gasteiger partial charge on any atom is 0.134 e. The normalized spacial score (nSPS) is 19.2. The van der Waals surface area contributed by atoms with Crippen LogP contribution in [0.3, 0.4) is 0 Å². The van der Waals surface area contributed by atoms with Gasteiger partial charge in [0.2, 0.25) is 0 Å². The van der Waals surface area contributed by atoms with Crippen molar-refractivity contribution in [3.63, 3.8) is 0 Å². The molecule has 0 saturated carbocycles. The fourth-order valence-electron chi connectivity index (χ4n) is 2.46. The second-order valence-corrected chi connectivity index (χ2v) is 5.60. The predicted molar refractivity (Wildman–Crippen MR) is 79.8 cm³/mol. The van der Waals surface area contributed by atoms with Crippen LogP contribution in [0, 0.1) is 5.92 Å². The molecule has 1 fully saturated rings. The fourth-order valence-corrected chi connectivity index (χ4v) is 2.46. The van der Waals surface area contributed by atoms with Crippen LogP contribution in [-0.2, 0) is 0 Å². The van der Waals surface area contributed by atoms with Gasteiger partial charge in [-0.15, -0.1) is 0 Å². The standard InChI is InChI=1S/C14H25N5/c1-11(2)18(4)13-7-14(17-10-16-13)19-6-5-12(9-19)8-15-3/h7,10-12,15H,5-6,8-9H2,1-4H3. The van der Waals surface area contributed by atoms with Gasteiger partial charge in [0.1, 0.15) is 18.0 Å². The Balaban J connectivity index is 2.07. The van der Waals surface area contributed by atoms with Crippen molar-refractivity contribution in [2.75, 3.05) is 43.5 Å². The molecule has 0 aliphatic carbocycles. The summed E-state index contributed by atoms with van der Waals surface area (Å²) in [6.07, 6.45) is 2.91. The lowest BCUT2D eigenvalue weighted by Crippen LogP contribution is -2.28. The second kappa shape index (κ2) is 6.19. The average molecular weight is 263 g/mol. The molecule has 19 heavy (non-hydrogen) atoms. The van der Waals surface area contributed by atoms with Gasteiger partial charge in [-0.2, -0.15) is 0 Å². The van der Waals surface area contributed by atoms with Gasteiger partial charge in [-0.3, -0.25) is 0 Å². The Morgan fingerprint density at radius 3 is 2.95 bits per heavy atom. The van der Waals surface area contributed by atoms with Gasteiger partial charge in [0.05, 0.1) is 0 Å². The maximum absolute atomic E-state index is 4.43. The molecule has 1 aliphatic rings. The Bertz CT molecular complexity index is 407. The van der Waals surface area contributed by atoms with Crippen molar-refractivity contribution in [3.8, 4) is 0 Å². The van der Waals surface area contributed by atoms with E-state index >= 15 is 0 Å². The quantitative estimate of drug-likeness (QED) is 0.869. The van der Waals surface area contributed by atoms with Gasteiger partial charge < -0.3 is 15.1 Å². The number of rotatable bonds is 5. The zero-order valence-corrected chi connectivity index (χ0v) is 12.4. The van der Waals surface area contributed by atoms with Gasteiger partial charge in [0, 0.05) is 32.2 Å². The van der Waals surface area contributed by atoms with Crippen LogP contribution in [0.2, 0.25) is 0 Å². The van der Waals surface area contributed by atoms with E-state index in [1.807, 2.05) is 7.05 Å². The predicted octanol–water partition coefficient (Wildman–Crippen LogP) is 1.37. The molecule has 1 aliphatic heterocycles. The number of aromatic nitrogens is 2. The monoisotopic (exact) mass is 263 g/mol. The van der Waals surface area contributed by atoms with E-state index in [-0.39, 0.29) is 0 Å². The molecule has 1 atom stereocenters. The van der Waals surface area contributed by atoms with Crippen LogP contribution >= 0.6 is 0 Å². The smallest absolute Gasteiger partial charge is 0.134 e. The van der Waals surface area contributed by atoms with Crippen LogP contribution in [0.5, 0.6) is 0 Å². The highest BCUT2D eigenvalue weighted by molar-refractivity contribution is 5.50. The molecular formula is C14H25N5. The molecule has 1 N–H and O–H groups in total. The third-order valence-corrected chi connectivity index (χ3v) is 3.88. The molecule has 0 amide bonds. The Labute approximate surface area is 116 Å². The van der Waals surface area contributed by atoms with E-state index in [4.69, 9.17) is 0 Å². The second-order valence-electron chi connectivity index (χ2n) is 5.60. The van der Waals surface area contributed by atoms with Crippen molar-refractivity contribution >= 4 is 11.6 Å². The lowest BCUT2D eigenvalue weighted by Gasteiger charge is -2.24. The zero-order chi connectivity index (χ0) is 13.8. The molecule has 5 nitrogen and oxygen atoms in total. The van der Waals surface area contributed by atoms with E-state index in [1.165, 1.54) is 6.42 Å². The first kappa shape index (κ1) is 14.1. The van der Waals surface area contributed by atoms with Crippen LogP contribution in [0.15, 0.2) is 12.4 Å². The molecule has 0 aromatic carbocycles. The third-order valence-electron chi connectivity index (χ3n) is 3.88. The third kappa shape index (κ3) is 3.35. The SMILES string of the molecule is CNCC1CCN(c2cc(N(C)C(C)C)ncn2)C1. The minimum Gasteiger partial charge on any atom is -0.357 e. The molecule has 0 spiro atoms.